The van der Waals surface area contributed by atoms with Gasteiger partial charge >= 0.3 is 6.03 Å². The normalized spacial score (nSPS) is 17.2. The van der Waals surface area contributed by atoms with Gasteiger partial charge in [-0.3, -0.25) is 4.79 Å². The van der Waals surface area contributed by atoms with E-state index in [2.05, 4.69) is 20.9 Å². The second-order valence-corrected chi connectivity index (χ2v) is 5.61. The molecule has 1 aromatic heterocycles. The number of thiazole rings is 1. The molecule has 0 radical (unpaired) electrons. The first-order chi connectivity index (χ1) is 10.1. The van der Waals surface area contributed by atoms with Gasteiger partial charge in [0.1, 0.15) is 6.04 Å². The van der Waals surface area contributed by atoms with Crippen LogP contribution in [0, 0.1) is 6.92 Å². The summed E-state index contributed by atoms with van der Waals surface area (Å²) in [5.41, 5.74) is 3.01. The molecule has 2 heterocycles. The Bertz CT molecular complexity index is 698. The summed E-state index contributed by atoms with van der Waals surface area (Å²) < 4.78 is 0. The molecule has 2 aromatic rings. The average molecular weight is 302 g/mol. The molecule has 108 valence electrons. The van der Waals surface area contributed by atoms with Crippen LogP contribution in [-0.4, -0.2) is 29.5 Å². The minimum atomic E-state index is -0.552. The molecule has 0 bridgehead atoms. The summed E-state index contributed by atoms with van der Waals surface area (Å²) in [5, 5.41) is 10.2. The number of carbonyl (C=O) groups excluding carboxylic acids is 2. The monoisotopic (exact) mass is 302 g/mol. The Morgan fingerprint density at radius 2 is 2.24 bits per heavy atom. The SMILES string of the molecule is Cc1ccccc1-c1csc(NC(=O)C2CNC(=O)N2)n1. The number of carbonyl (C=O) groups is 2. The zero-order valence-corrected chi connectivity index (χ0v) is 12.2. The van der Waals surface area contributed by atoms with Crippen molar-refractivity contribution in [2.24, 2.45) is 0 Å². The van der Waals surface area contributed by atoms with E-state index < -0.39 is 6.04 Å². The first-order valence-corrected chi connectivity index (χ1v) is 7.38. The quantitative estimate of drug-likeness (QED) is 0.807. The molecule has 1 atom stereocenters. The molecule has 21 heavy (non-hydrogen) atoms. The van der Waals surface area contributed by atoms with Crippen LogP contribution in [0.2, 0.25) is 0 Å². The highest BCUT2D eigenvalue weighted by atomic mass is 32.1. The first-order valence-electron chi connectivity index (χ1n) is 6.50. The van der Waals surface area contributed by atoms with Gasteiger partial charge in [0.05, 0.1) is 5.69 Å². The van der Waals surface area contributed by atoms with Crippen LogP contribution in [0.4, 0.5) is 9.93 Å². The van der Waals surface area contributed by atoms with Crippen molar-refractivity contribution in [1.29, 1.82) is 0 Å². The summed E-state index contributed by atoms with van der Waals surface area (Å²) in [4.78, 5) is 27.4. The van der Waals surface area contributed by atoms with Gasteiger partial charge in [-0.15, -0.1) is 11.3 Å². The maximum atomic E-state index is 12.0. The topological polar surface area (TPSA) is 83.1 Å². The number of amides is 3. The van der Waals surface area contributed by atoms with Crippen LogP contribution in [0.1, 0.15) is 5.56 Å². The van der Waals surface area contributed by atoms with E-state index in [1.54, 1.807) is 0 Å². The molecule has 1 fully saturated rings. The molecule has 1 aliphatic rings. The van der Waals surface area contributed by atoms with Crippen molar-refractivity contribution in [2.45, 2.75) is 13.0 Å². The smallest absolute Gasteiger partial charge is 0.315 e. The zero-order chi connectivity index (χ0) is 14.8. The number of aryl methyl sites for hydroxylation is 1. The number of nitrogens with zero attached hydrogens (tertiary/aromatic N) is 1. The summed E-state index contributed by atoms with van der Waals surface area (Å²) in [6.45, 7) is 2.31. The molecule has 7 heteroatoms. The van der Waals surface area contributed by atoms with Crippen molar-refractivity contribution in [1.82, 2.24) is 15.6 Å². The third kappa shape index (κ3) is 2.87. The number of hydrogen-bond acceptors (Lipinski definition) is 4. The number of benzene rings is 1. The maximum Gasteiger partial charge on any atom is 0.315 e. The first kappa shape index (κ1) is 13.6. The fourth-order valence-corrected chi connectivity index (χ4v) is 2.83. The molecular weight excluding hydrogens is 288 g/mol. The molecule has 3 amide bonds. The van der Waals surface area contributed by atoms with E-state index in [9.17, 15) is 9.59 Å². The molecule has 0 saturated carbocycles. The number of nitrogens with one attached hydrogen (secondary N) is 3. The Labute approximate surface area is 125 Å². The predicted octanol–water partition coefficient (Wildman–Crippen LogP) is 1.74. The van der Waals surface area contributed by atoms with Crippen molar-refractivity contribution >= 4 is 28.4 Å². The van der Waals surface area contributed by atoms with E-state index in [0.29, 0.717) is 11.7 Å². The van der Waals surface area contributed by atoms with E-state index in [-0.39, 0.29) is 11.9 Å². The summed E-state index contributed by atoms with van der Waals surface area (Å²) in [6, 6.07) is 7.07. The molecule has 0 aliphatic carbocycles. The van der Waals surface area contributed by atoms with Gasteiger partial charge in [-0.2, -0.15) is 0 Å². The van der Waals surface area contributed by atoms with Crippen molar-refractivity contribution in [3.8, 4) is 11.3 Å². The summed E-state index contributed by atoms with van der Waals surface area (Å²) >= 11 is 1.36. The summed E-state index contributed by atoms with van der Waals surface area (Å²) in [7, 11) is 0. The van der Waals surface area contributed by atoms with Crippen molar-refractivity contribution in [3.63, 3.8) is 0 Å². The minimum Gasteiger partial charge on any atom is -0.336 e. The fourth-order valence-electron chi connectivity index (χ4n) is 2.12. The van der Waals surface area contributed by atoms with E-state index in [0.717, 1.165) is 16.8 Å². The Hall–Kier alpha value is -2.41. The molecule has 0 spiro atoms. The lowest BCUT2D eigenvalue weighted by molar-refractivity contribution is -0.117. The van der Waals surface area contributed by atoms with Crippen LogP contribution >= 0.6 is 11.3 Å². The summed E-state index contributed by atoms with van der Waals surface area (Å²) in [5.74, 6) is -0.265. The molecule has 3 N–H and O–H groups in total. The van der Waals surface area contributed by atoms with E-state index in [1.807, 2.05) is 36.6 Å². The van der Waals surface area contributed by atoms with Gasteiger partial charge in [-0.25, -0.2) is 9.78 Å². The Morgan fingerprint density at radius 1 is 1.43 bits per heavy atom. The van der Waals surface area contributed by atoms with Crippen molar-refractivity contribution in [3.05, 3.63) is 35.2 Å². The van der Waals surface area contributed by atoms with Crippen molar-refractivity contribution in [2.75, 3.05) is 11.9 Å². The highest BCUT2D eigenvalue weighted by Crippen LogP contribution is 2.27. The highest BCUT2D eigenvalue weighted by Gasteiger charge is 2.27. The van der Waals surface area contributed by atoms with Crippen LogP contribution in [0.5, 0.6) is 0 Å². The molecule has 1 saturated heterocycles. The largest absolute Gasteiger partial charge is 0.336 e. The van der Waals surface area contributed by atoms with Crippen LogP contribution in [0.15, 0.2) is 29.6 Å². The zero-order valence-electron chi connectivity index (χ0n) is 11.3. The highest BCUT2D eigenvalue weighted by molar-refractivity contribution is 7.14. The van der Waals surface area contributed by atoms with Crippen molar-refractivity contribution < 1.29 is 9.59 Å². The fraction of sp³-hybridized carbons (Fsp3) is 0.214. The molecule has 1 unspecified atom stereocenters. The molecule has 1 aliphatic heterocycles. The molecule has 3 rings (SSSR count). The number of anilines is 1. The number of rotatable bonds is 3. The lowest BCUT2D eigenvalue weighted by atomic mass is 10.1. The second kappa shape index (κ2) is 5.53. The molecule has 1 aromatic carbocycles. The lowest BCUT2D eigenvalue weighted by Gasteiger charge is -2.07. The lowest BCUT2D eigenvalue weighted by Crippen LogP contribution is -2.38. The Morgan fingerprint density at radius 3 is 2.95 bits per heavy atom. The van der Waals surface area contributed by atoms with Crippen LogP contribution in [-0.2, 0) is 4.79 Å². The van der Waals surface area contributed by atoms with Gasteiger partial charge < -0.3 is 16.0 Å². The third-order valence-corrected chi connectivity index (χ3v) is 4.00. The number of urea groups is 1. The average Bonchev–Trinajstić information content (AvgIpc) is 3.08. The third-order valence-electron chi connectivity index (χ3n) is 3.24. The Kier molecular flexibility index (Phi) is 3.57. The molecular formula is C14H14N4O2S. The second-order valence-electron chi connectivity index (χ2n) is 4.75. The number of hydrogen-bond donors (Lipinski definition) is 3. The molecule has 6 nitrogen and oxygen atoms in total. The predicted molar refractivity (Wildman–Crippen MR) is 81.2 cm³/mol. The van der Waals surface area contributed by atoms with Gasteiger partial charge in [0, 0.05) is 17.5 Å². The van der Waals surface area contributed by atoms with Crippen LogP contribution in [0.25, 0.3) is 11.3 Å². The maximum absolute atomic E-state index is 12.0. The Balaban J connectivity index is 1.72. The summed E-state index contributed by atoms with van der Waals surface area (Å²) in [6.07, 6.45) is 0. The van der Waals surface area contributed by atoms with E-state index >= 15 is 0 Å². The number of aromatic nitrogens is 1. The van der Waals surface area contributed by atoms with E-state index in [4.69, 9.17) is 0 Å². The van der Waals surface area contributed by atoms with Gasteiger partial charge in [0.2, 0.25) is 0 Å². The van der Waals surface area contributed by atoms with Gasteiger partial charge in [0.15, 0.2) is 5.13 Å². The van der Waals surface area contributed by atoms with E-state index in [1.165, 1.54) is 11.3 Å². The minimum absolute atomic E-state index is 0.265. The van der Waals surface area contributed by atoms with Gasteiger partial charge in [-0.05, 0) is 12.5 Å². The standard InChI is InChI=1S/C14H14N4O2S/c1-8-4-2-3-5-9(8)11-7-21-14(17-11)18-12(19)10-6-15-13(20)16-10/h2-5,7,10H,6H2,1H3,(H2,15,16,20)(H,17,18,19). The van der Waals surface area contributed by atoms with Crippen LogP contribution in [0.3, 0.4) is 0 Å². The van der Waals surface area contributed by atoms with Gasteiger partial charge in [-0.1, -0.05) is 24.3 Å². The van der Waals surface area contributed by atoms with Crippen LogP contribution < -0.4 is 16.0 Å². The van der Waals surface area contributed by atoms with Gasteiger partial charge in [0.25, 0.3) is 5.91 Å².